The highest BCUT2D eigenvalue weighted by molar-refractivity contribution is 5.86. The number of nitrogens with one attached hydrogen (secondary N) is 1. The van der Waals surface area contributed by atoms with Crippen molar-refractivity contribution < 1.29 is 19.1 Å². The number of carbonyl (C=O) groups is 2. The second-order valence-corrected chi connectivity index (χ2v) is 4.88. The van der Waals surface area contributed by atoms with Gasteiger partial charge in [-0.3, -0.25) is 15.1 Å². The van der Waals surface area contributed by atoms with Crippen LogP contribution in [0.3, 0.4) is 0 Å². The van der Waals surface area contributed by atoms with Crippen LogP contribution in [0.4, 0.5) is 10.5 Å². The molecule has 1 aromatic rings. The second kappa shape index (κ2) is 6.17. The summed E-state index contributed by atoms with van der Waals surface area (Å²) in [6.07, 6.45) is 0.938. The standard InChI is InChI=1S/C13H18N2O4/c1-13(2,3)19-12(17)15-9-6-5-7-14-10(9)8-11(16)18-4/h5-7H,8H2,1-4H3,(H,15,17). The van der Waals surface area contributed by atoms with Crippen LogP contribution in [0.2, 0.25) is 0 Å². The summed E-state index contributed by atoms with van der Waals surface area (Å²) in [7, 11) is 1.30. The quantitative estimate of drug-likeness (QED) is 0.848. The molecule has 0 bridgehead atoms. The third-order valence-electron chi connectivity index (χ3n) is 2.07. The minimum absolute atomic E-state index is 0.0114. The molecule has 0 aliphatic rings. The number of carbonyl (C=O) groups excluding carboxylic acids is 2. The van der Waals surface area contributed by atoms with Crippen molar-refractivity contribution in [2.24, 2.45) is 0 Å². The van der Waals surface area contributed by atoms with E-state index >= 15 is 0 Å². The van der Waals surface area contributed by atoms with Gasteiger partial charge in [0.2, 0.25) is 0 Å². The molecule has 6 heteroatoms. The first-order valence-corrected chi connectivity index (χ1v) is 5.82. The van der Waals surface area contributed by atoms with Gasteiger partial charge in [-0.2, -0.15) is 0 Å². The molecule has 0 atom stereocenters. The number of aromatic nitrogens is 1. The molecule has 104 valence electrons. The van der Waals surface area contributed by atoms with Gasteiger partial charge in [0.15, 0.2) is 0 Å². The monoisotopic (exact) mass is 266 g/mol. The Bertz CT molecular complexity index is 466. The smallest absolute Gasteiger partial charge is 0.412 e. The van der Waals surface area contributed by atoms with E-state index in [-0.39, 0.29) is 6.42 Å². The lowest BCUT2D eigenvalue weighted by Gasteiger charge is -2.20. The fraction of sp³-hybridized carbons (Fsp3) is 0.462. The molecule has 1 heterocycles. The van der Waals surface area contributed by atoms with E-state index in [1.807, 2.05) is 0 Å². The maximum atomic E-state index is 11.7. The summed E-state index contributed by atoms with van der Waals surface area (Å²) in [5, 5.41) is 2.57. The van der Waals surface area contributed by atoms with E-state index < -0.39 is 17.7 Å². The lowest BCUT2D eigenvalue weighted by molar-refractivity contribution is -0.139. The second-order valence-electron chi connectivity index (χ2n) is 4.88. The first-order chi connectivity index (χ1) is 8.81. The van der Waals surface area contributed by atoms with Crippen molar-refractivity contribution >= 4 is 17.7 Å². The predicted molar refractivity (Wildman–Crippen MR) is 69.8 cm³/mol. The Morgan fingerprint density at radius 2 is 2.05 bits per heavy atom. The predicted octanol–water partition coefficient (Wildman–Crippen LogP) is 2.14. The van der Waals surface area contributed by atoms with Crippen molar-refractivity contribution in [3.05, 3.63) is 24.0 Å². The number of anilines is 1. The minimum Gasteiger partial charge on any atom is -0.469 e. The minimum atomic E-state index is -0.591. The van der Waals surface area contributed by atoms with E-state index in [0.717, 1.165) is 0 Å². The van der Waals surface area contributed by atoms with Crippen molar-refractivity contribution in [1.82, 2.24) is 4.98 Å². The molecule has 0 unspecified atom stereocenters. The Labute approximate surface area is 112 Å². The molecule has 19 heavy (non-hydrogen) atoms. The number of hydrogen-bond donors (Lipinski definition) is 1. The maximum absolute atomic E-state index is 11.7. The van der Waals surface area contributed by atoms with Crippen LogP contribution in [0.25, 0.3) is 0 Å². The van der Waals surface area contributed by atoms with E-state index in [2.05, 4.69) is 15.0 Å². The third kappa shape index (κ3) is 5.37. The summed E-state index contributed by atoms with van der Waals surface area (Å²) in [5.41, 5.74) is 0.275. The summed E-state index contributed by atoms with van der Waals surface area (Å²) >= 11 is 0. The molecule has 1 N–H and O–H groups in total. The van der Waals surface area contributed by atoms with Gasteiger partial charge in [-0.15, -0.1) is 0 Å². The normalized spacial score (nSPS) is 10.7. The van der Waals surface area contributed by atoms with Gasteiger partial charge < -0.3 is 9.47 Å². The number of amides is 1. The number of esters is 1. The number of pyridine rings is 1. The van der Waals surface area contributed by atoms with Gasteiger partial charge in [0.25, 0.3) is 0 Å². The molecule has 0 fully saturated rings. The molecule has 0 aliphatic carbocycles. The molecule has 0 aromatic carbocycles. The molecule has 0 aliphatic heterocycles. The molecule has 0 saturated carbocycles. The van der Waals surface area contributed by atoms with E-state index in [4.69, 9.17) is 4.74 Å². The zero-order chi connectivity index (χ0) is 14.5. The fourth-order valence-corrected chi connectivity index (χ4v) is 1.32. The highest BCUT2D eigenvalue weighted by atomic mass is 16.6. The van der Waals surface area contributed by atoms with Gasteiger partial charge >= 0.3 is 12.1 Å². The maximum Gasteiger partial charge on any atom is 0.412 e. The lowest BCUT2D eigenvalue weighted by atomic mass is 10.2. The number of rotatable bonds is 3. The van der Waals surface area contributed by atoms with E-state index in [1.165, 1.54) is 7.11 Å². The van der Waals surface area contributed by atoms with Crippen LogP contribution in [0, 0.1) is 0 Å². The lowest BCUT2D eigenvalue weighted by Crippen LogP contribution is -2.27. The Morgan fingerprint density at radius 3 is 2.63 bits per heavy atom. The Morgan fingerprint density at radius 1 is 1.37 bits per heavy atom. The van der Waals surface area contributed by atoms with Gasteiger partial charge in [-0.25, -0.2) is 4.79 Å². The highest BCUT2D eigenvalue weighted by Crippen LogP contribution is 2.15. The number of nitrogens with zero attached hydrogens (tertiary/aromatic N) is 1. The molecular formula is C13H18N2O4. The van der Waals surface area contributed by atoms with Crippen LogP contribution in [0.5, 0.6) is 0 Å². The Kier molecular flexibility index (Phi) is 4.86. The van der Waals surface area contributed by atoms with Crippen molar-refractivity contribution in [1.29, 1.82) is 0 Å². The summed E-state index contributed by atoms with van der Waals surface area (Å²) < 4.78 is 9.71. The average molecular weight is 266 g/mol. The SMILES string of the molecule is COC(=O)Cc1ncccc1NC(=O)OC(C)(C)C. The van der Waals surface area contributed by atoms with Crippen molar-refractivity contribution in [2.75, 3.05) is 12.4 Å². The first-order valence-electron chi connectivity index (χ1n) is 5.82. The molecule has 1 rings (SSSR count). The van der Waals surface area contributed by atoms with Crippen LogP contribution in [-0.2, 0) is 20.7 Å². The van der Waals surface area contributed by atoms with Gasteiger partial charge in [-0.1, -0.05) is 0 Å². The van der Waals surface area contributed by atoms with Crippen molar-refractivity contribution in [3.8, 4) is 0 Å². The Balaban J connectivity index is 2.78. The summed E-state index contributed by atoms with van der Waals surface area (Å²) in [5.74, 6) is -0.425. The van der Waals surface area contributed by atoms with Crippen LogP contribution in [-0.4, -0.2) is 29.8 Å². The van der Waals surface area contributed by atoms with Crippen molar-refractivity contribution in [3.63, 3.8) is 0 Å². The number of methoxy groups -OCH3 is 1. The van der Waals surface area contributed by atoms with E-state index in [9.17, 15) is 9.59 Å². The summed E-state index contributed by atoms with van der Waals surface area (Å²) in [6.45, 7) is 5.31. The van der Waals surface area contributed by atoms with Crippen LogP contribution < -0.4 is 5.32 Å². The zero-order valence-corrected chi connectivity index (χ0v) is 11.5. The fourth-order valence-electron chi connectivity index (χ4n) is 1.32. The average Bonchev–Trinajstić information content (AvgIpc) is 2.29. The topological polar surface area (TPSA) is 77.5 Å². The van der Waals surface area contributed by atoms with Crippen LogP contribution in [0.1, 0.15) is 26.5 Å². The first kappa shape index (κ1) is 14.9. The van der Waals surface area contributed by atoms with Gasteiger partial charge in [0.05, 0.1) is 24.9 Å². The molecule has 0 radical (unpaired) electrons. The molecule has 1 aromatic heterocycles. The molecular weight excluding hydrogens is 248 g/mol. The Hall–Kier alpha value is -2.11. The van der Waals surface area contributed by atoms with Crippen LogP contribution in [0.15, 0.2) is 18.3 Å². The third-order valence-corrected chi connectivity index (χ3v) is 2.07. The van der Waals surface area contributed by atoms with Gasteiger partial charge in [0.1, 0.15) is 5.60 Å². The summed E-state index contributed by atoms with van der Waals surface area (Å²) in [4.78, 5) is 26.9. The summed E-state index contributed by atoms with van der Waals surface area (Å²) in [6, 6.07) is 3.31. The zero-order valence-electron chi connectivity index (χ0n) is 11.5. The van der Waals surface area contributed by atoms with E-state index in [1.54, 1.807) is 39.1 Å². The molecule has 0 spiro atoms. The molecule has 0 saturated heterocycles. The number of ether oxygens (including phenoxy) is 2. The molecule has 6 nitrogen and oxygen atoms in total. The highest BCUT2D eigenvalue weighted by Gasteiger charge is 2.18. The molecule has 1 amide bonds. The van der Waals surface area contributed by atoms with Gasteiger partial charge in [0, 0.05) is 6.20 Å². The van der Waals surface area contributed by atoms with Gasteiger partial charge in [-0.05, 0) is 32.9 Å². The van der Waals surface area contributed by atoms with E-state index in [0.29, 0.717) is 11.4 Å². The van der Waals surface area contributed by atoms with Crippen molar-refractivity contribution in [2.45, 2.75) is 32.8 Å². The van der Waals surface area contributed by atoms with Crippen LogP contribution >= 0.6 is 0 Å². The largest absolute Gasteiger partial charge is 0.469 e. The number of hydrogen-bond acceptors (Lipinski definition) is 5.